The molecule has 0 aliphatic rings. The van der Waals surface area contributed by atoms with Crippen molar-refractivity contribution in [3.63, 3.8) is 0 Å². The molecule has 0 aliphatic carbocycles. The third-order valence-electron chi connectivity index (χ3n) is 5.28. The van der Waals surface area contributed by atoms with Crippen LogP contribution in [0.2, 0.25) is 0 Å². The van der Waals surface area contributed by atoms with Crippen LogP contribution in [0.3, 0.4) is 0 Å². The lowest BCUT2D eigenvalue weighted by molar-refractivity contribution is -0.154. The van der Waals surface area contributed by atoms with E-state index in [2.05, 4.69) is 15.5 Å². The second-order valence-corrected chi connectivity index (χ2v) is 7.97. The quantitative estimate of drug-likeness (QED) is 0.367. The maximum atomic E-state index is 13.1. The minimum absolute atomic E-state index is 0.00346. The normalized spacial score (nSPS) is 11.6. The van der Waals surface area contributed by atoms with Gasteiger partial charge in [-0.1, -0.05) is 78.0 Å². The van der Waals surface area contributed by atoms with Crippen molar-refractivity contribution in [1.29, 1.82) is 0 Å². The summed E-state index contributed by atoms with van der Waals surface area (Å²) in [5.74, 6) is -0.173. The van der Waals surface area contributed by atoms with Gasteiger partial charge in [0.2, 0.25) is 17.8 Å². The number of esters is 1. The molecule has 0 spiro atoms. The summed E-state index contributed by atoms with van der Waals surface area (Å²) in [7, 11) is 0. The first kappa shape index (κ1) is 22.9. The molecule has 0 saturated carbocycles. The smallest absolute Gasteiger partial charge is 0.307 e. The van der Waals surface area contributed by atoms with Crippen molar-refractivity contribution >= 4 is 17.6 Å². The number of hydrogen-bond acceptors (Lipinski definition) is 6. The van der Waals surface area contributed by atoms with E-state index in [9.17, 15) is 9.59 Å². The number of anilines is 1. The fourth-order valence-corrected chi connectivity index (χ4v) is 3.43. The van der Waals surface area contributed by atoms with Crippen molar-refractivity contribution in [1.82, 2.24) is 10.1 Å². The Morgan fingerprint density at radius 3 is 2.41 bits per heavy atom. The van der Waals surface area contributed by atoms with E-state index in [1.54, 1.807) is 24.3 Å². The highest BCUT2D eigenvalue weighted by atomic mass is 16.5. The first-order valence-electron chi connectivity index (χ1n) is 11.0. The summed E-state index contributed by atoms with van der Waals surface area (Å²) < 4.78 is 10.9. The fraction of sp³-hybridized carbons (Fsp3) is 0.185. The Hall–Kier alpha value is -4.26. The molecule has 1 N–H and O–H groups in total. The maximum Gasteiger partial charge on any atom is 0.307 e. The summed E-state index contributed by atoms with van der Waals surface area (Å²) in [6.07, 6.45) is -0.883. The first-order valence-corrected chi connectivity index (χ1v) is 11.0. The van der Waals surface area contributed by atoms with Gasteiger partial charge in [0.25, 0.3) is 5.91 Å². The minimum atomic E-state index is -1.09. The Morgan fingerprint density at radius 2 is 1.68 bits per heavy atom. The molecule has 1 unspecified atom stereocenters. The van der Waals surface area contributed by atoms with Gasteiger partial charge >= 0.3 is 5.97 Å². The van der Waals surface area contributed by atoms with Gasteiger partial charge in [0, 0.05) is 23.2 Å². The molecular weight excluding hydrogens is 430 g/mol. The van der Waals surface area contributed by atoms with Gasteiger partial charge in [0.05, 0.1) is 6.42 Å². The average Bonchev–Trinajstić information content (AvgIpc) is 3.34. The van der Waals surface area contributed by atoms with Crippen LogP contribution in [0.4, 0.5) is 5.69 Å². The van der Waals surface area contributed by atoms with Crippen LogP contribution in [0.25, 0.3) is 11.4 Å². The van der Waals surface area contributed by atoms with Gasteiger partial charge in [-0.2, -0.15) is 4.98 Å². The number of aryl methyl sites for hydroxylation is 3. The largest absolute Gasteiger partial charge is 0.447 e. The molecule has 0 bridgehead atoms. The zero-order chi connectivity index (χ0) is 23.9. The Kier molecular flexibility index (Phi) is 7.13. The van der Waals surface area contributed by atoms with Gasteiger partial charge in [-0.15, -0.1) is 0 Å². The van der Waals surface area contributed by atoms with Crippen LogP contribution in [-0.2, 0) is 20.7 Å². The van der Waals surface area contributed by atoms with E-state index < -0.39 is 18.0 Å². The predicted molar refractivity (Wildman–Crippen MR) is 128 cm³/mol. The monoisotopic (exact) mass is 455 g/mol. The lowest BCUT2D eigenvalue weighted by atomic mass is 10.1. The number of nitrogens with zero attached hydrogens (tertiary/aromatic N) is 2. The number of nitrogens with one attached hydrogen (secondary N) is 1. The molecule has 1 atom stereocenters. The Balaban J connectivity index is 1.43. The second-order valence-electron chi connectivity index (χ2n) is 7.97. The Labute approximate surface area is 197 Å². The van der Waals surface area contributed by atoms with E-state index in [1.807, 2.05) is 68.4 Å². The number of rotatable bonds is 8. The molecule has 1 heterocycles. The van der Waals surface area contributed by atoms with Gasteiger partial charge in [-0.05, 0) is 31.0 Å². The number of amides is 1. The summed E-state index contributed by atoms with van der Waals surface area (Å²) >= 11 is 0. The number of ether oxygens (including phenoxy) is 1. The molecule has 0 radical (unpaired) electrons. The SMILES string of the molecule is Cc1ccc(C)c(NC(=O)C(OC(=O)CCc2nc(-c3ccccc3)no2)c2ccccc2)c1. The number of hydrogen-bond donors (Lipinski definition) is 1. The van der Waals surface area contributed by atoms with E-state index in [0.29, 0.717) is 23.0 Å². The van der Waals surface area contributed by atoms with Crippen LogP contribution in [-0.4, -0.2) is 22.0 Å². The molecule has 4 aromatic rings. The van der Waals surface area contributed by atoms with Gasteiger partial charge in [-0.25, -0.2) is 0 Å². The molecule has 0 aliphatic heterocycles. The van der Waals surface area contributed by atoms with Crippen molar-refractivity contribution in [3.05, 3.63) is 101 Å². The van der Waals surface area contributed by atoms with Crippen molar-refractivity contribution in [2.75, 3.05) is 5.32 Å². The first-order chi connectivity index (χ1) is 16.5. The molecule has 0 saturated heterocycles. The second kappa shape index (κ2) is 10.6. The predicted octanol–water partition coefficient (Wildman–Crippen LogP) is 5.21. The summed E-state index contributed by atoms with van der Waals surface area (Å²) in [6.45, 7) is 3.86. The number of benzene rings is 3. The number of carbonyl (C=O) groups is 2. The van der Waals surface area contributed by atoms with E-state index in [1.165, 1.54) is 0 Å². The van der Waals surface area contributed by atoms with E-state index in [4.69, 9.17) is 9.26 Å². The molecule has 7 nitrogen and oxygen atoms in total. The summed E-state index contributed by atoms with van der Waals surface area (Å²) in [5.41, 5.74) is 4.03. The van der Waals surface area contributed by atoms with Crippen LogP contribution in [0.5, 0.6) is 0 Å². The summed E-state index contributed by atoms with van der Waals surface area (Å²) in [5, 5.41) is 6.85. The highest BCUT2D eigenvalue weighted by molar-refractivity contribution is 5.96. The topological polar surface area (TPSA) is 94.3 Å². The van der Waals surface area contributed by atoms with Gasteiger partial charge in [-0.3, -0.25) is 9.59 Å². The van der Waals surface area contributed by atoms with Crippen LogP contribution in [0.1, 0.15) is 35.1 Å². The van der Waals surface area contributed by atoms with Crippen LogP contribution in [0.15, 0.2) is 83.4 Å². The van der Waals surface area contributed by atoms with Crippen LogP contribution < -0.4 is 5.32 Å². The van der Waals surface area contributed by atoms with Crippen molar-refractivity contribution in [3.8, 4) is 11.4 Å². The van der Waals surface area contributed by atoms with Crippen molar-refractivity contribution in [2.45, 2.75) is 32.8 Å². The number of carbonyl (C=O) groups excluding carboxylic acids is 2. The lowest BCUT2D eigenvalue weighted by Crippen LogP contribution is -2.26. The van der Waals surface area contributed by atoms with Crippen LogP contribution in [0, 0.1) is 13.8 Å². The standard InChI is InChI=1S/C27H25N3O4/c1-18-13-14-19(2)22(17-18)28-27(32)25(20-9-5-3-6-10-20)33-24(31)16-15-23-29-26(30-34-23)21-11-7-4-8-12-21/h3-14,17,25H,15-16H2,1-2H3,(H,28,32). The van der Waals surface area contributed by atoms with Gasteiger partial charge in [0.1, 0.15) is 0 Å². The number of aromatic nitrogens is 2. The van der Waals surface area contributed by atoms with Crippen molar-refractivity contribution in [2.24, 2.45) is 0 Å². The third-order valence-corrected chi connectivity index (χ3v) is 5.28. The molecule has 1 amide bonds. The minimum Gasteiger partial charge on any atom is -0.447 e. The molecule has 172 valence electrons. The van der Waals surface area contributed by atoms with E-state index in [-0.39, 0.29) is 12.8 Å². The van der Waals surface area contributed by atoms with Crippen LogP contribution >= 0.6 is 0 Å². The van der Waals surface area contributed by atoms with E-state index in [0.717, 1.165) is 16.7 Å². The highest BCUT2D eigenvalue weighted by Crippen LogP contribution is 2.23. The highest BCUT2D eigenvalue weighted by Gasteiger charge is 2.26. The average molecular weight is 456 g/mol. The summed E-state index contributed by atoms with van der Waals surface area (Å²) in [6, 6.07) is 24.2. The fourth-order valence-electron chi connectivity index (χ4n) is 3.43. The zero-order valence-electron chi connectivity index (χ0n) is 19.0. The molecule has 4 rings (SSSR count). The molecule has 7 heteroatoms. The molecule has 0 fully saturated rings. The molecule has 34 heavy (non-hydrogen) atoms. The summed E-state index contributed by atoms with van der Waals surface area (Å²) in [4.78, 5) is 30.1. The molecule has 3 aromatic carbocycles. The Morgan fingerprint density at radius 1 is 0.971 bits per heavy atom. The Bertz CT molecular complexity index is 1270. The van der Waals surface area contributed by atoms with Crippen molar-refractivity contribution < 1.29 is 18.8 Å². The van der Waals surface area contributed by atoms with Gasteiger partial charge < -0.3 is 14.6 Å². The third kappa shape index (κ3) is 5.75. The lowest BCUT2D eigenvalue weighted by Gasteiger charge is -2.19. The molecule has 1 aromatic heterocycles. The molecular formula is C27H25N3O4. The maximum absolute atomic E-state index is 13.1. The van der Waals surface area contributed by atoms with Gasteiger partial charge in [0.15, 0.2) is 0 Å². The van der Waals surface area contributed by atoms with E-state index >= 15 is 0 Å². The zero-order valence-corrected chi connectivity index (χ0v) is 19.0.